The van der Waals surface area contributed by atoms with Crippen molar-refractivity contribution < 1.29 is 9.90 Å². The number of carbonyl (C=O) groups excluding carboxylic acids is 1. The van der Waals surface area contributed by atoms with Crippen molar-refractivity contribution in [3.63, 3.8) is 0 Å². The van der Waals surface area contributed by atoms with E-state index in [4.69, 9.17) is 5.11 Å². The Morgan fingerprint density at radius 2 is 1.95 bits per heavy atom. The van der Waals surface area contributed by atoms with Crippen molar-refractivity contribution in [1.82, 2.24) is 4.90 Å². The van der Waals surface area contributed by atoms with E-state index in [2.05, 4.69) is 29.5 Å². The van der Waals surface area contributed by atoms with E-state index in [1.165, 1.54) is 25.7 Å². The molecule has 0 spiro atoms. The highest BCUT2D eigenvalue weighted by molar-refractivity contribution is 14.1. The molecule has 0 aromatic carbocycles. The molecule has 0 bridgehead atoms. The lowest BCUT2D eigenvalue weighted by atomic mass is 10.1. The van der Waals surface area contributed by atoms with Gasteiger partial charge in [-0.15, -0.1) is 11.3 Å². The Bertz CT molecular complexity index is 395. The second-order valence-electron chi connectivity index (χ2n) is 4.92. The monoisotopic (exact) mass is 409 g/mol. The van der Waals surface area contributed by atoms with Crippen LogP contribution in [0.4, 0.5) is 0 Å². The third-order valence-electron chi connectivity index (χ3n) is 3.22. The van der Waals surface area contributed by atoms with Gasteiger partial charge < -0.3 is 10.0 Å². The summed E-state index contributed by atoms with van der Waals surface area (Å²) in [5.41, 5.74) is 0.783. The molecular weight excluding hydrogens is 385 g/mol. The smallest absolute Gasteiger partial charge is 0.254 e. The van der Waals surface area contributed by atoms with Gasteiger partial charge >= 0.3 is 0 Å². The van der Waals surface area contributed by atoms with E-state index < -0.39 is 0 Å². The first-order valence-electron chi connectivity index (χ1n) is 7.33. The number of nitrogens with zero attached hydrogens (tertiary/aromatic N) is 1. The summed E-state index contributed by atoms with van der Waals surface area (Å²) in [7, 11) is 0. The Morgan fingerprint density at radius 3 is 2.55 bits per heavy atom. The standard InChI is InChI=1S/C15H24INO2S/c1-2-3-4-5-6-8-17(9-7-10-18)15(19)13-11-14(16)20-12-13/h11-12,18H,2-10H2,1H3. The summed E-state index contributed by atoms with van der Waals surface area (Å²) in [5.74, 6) is 0.105. The Morgan fingerprint density at radius 1 is 1.25 bits per heavy atom. The average Bonchev–Trinajstić information content (AvgIpc) is 2.88. The largest absolute Gasteiger partial charge is 0.396 e. The fourth-order valence-electron chi connectivity index (χ4n) is 2.09. The minimum absolute atomic E-state index is 0.105. The maximum absolute atomic E-state index is 12.4. The molecule has 3 nitrogen and oxygen atoms in total. The van der Waals surface area contributed by atoms with Crippen LogP contribution in [-0.4, -0.2) is 35.6 Å². The zero-order valence-electron chi connectivity index (χ0n) is 12.1. The molecule has 0 saturated carbocycles. The van der Waals surface area contributed by atoms with Crippen LogP contribution in [0.1, 0.15) is 55.8 Å². The van der Waals surface area contributed by atoms with Gasteiger partial charge in [-0.3, -0.25) is 4.79 Å². The topological polar surface area (TPSA) is 40.5 Å². The molecule has 0 saturated heterocycles. The molecule has 0 unspecified atom stereocenters. The van der Waals surface area contributed by atoms with E-state index in [0.717, 1.165) is 21.4 Å². The molecule has 1 aromatic rings. The molecule has 1 rings (SSSR count). The predicted molar refractivity (Wildman–Crippen MR) is 93.4 cm³/mol. The minimum atomic E-state index is 0.105. The third kappa shape index (κ3) is 6.54. The van der Waals surface area contributed by atoms with E-state index in [1.54, 1.807) is 11.3 Å². The molecular formula is C15H24INO2S. The molecule has 1 amide bonds. The average molecular weight is 409 g/mol. The van der Waals surface area contributed by atoms with Gasteiger partial charge in [0.15, 0.2) is 0 Å². The van der Waals surface area contributed by atoms with Crippen molar-refractivity contribution >= 4 is 39.8 Å². The van der Waals surface area contributed by atoms with Crippen LogP contribution in [0.25, 0.3) is 0 Å². The van der Waals surface area contributed by atoms with Crippen LogP contribution >= 0.6 is 33.9 Å². The number of aliphatic hydroxyl groups excluding tert-OH is 1. The molecule has 0 aliphatic rings. The van der Waals surface area contributed by atoms with Gasteiger partial charge in [0.2, 0.25) is 0 Å². The summed E-state index contributed by atoms with van der Waals surface area (Å²) in [6.07, 6.45) is 6.64. The number of thiophene rings is 1. The minimum Gasteiger partial charge on any atom is -0.396 e. The Kier molecular flexibility index (Phi) is 9.46. The van der Waals surface area contributed by atoms with Crippen LogP contribution in [0.2, 0.25) is 0 Å². The predicted octanol–water partition coefficient (Wildman–Crippen LogP) is 4.15. The normalized spacial score (nSPS) is 10.8. The number of aliphatic hydroxyl groups is 1. The van der Waals surface area contributed by atoms with E-state index in [1.807, 2.05) is 16.3 Å². The lowest BCUT2D eigenvalue weighted by Crippen LogP contribution is -2.33. The second kappa shape index (κ2) is 10.6. The zero-order chi connectivity index (χ0) is 14.8. The number of halogens is 1. The maximum Gasteiger partial charge on any atom is 0.254 e. The molecule has 0 aliphatic heterocycles. The number of rotatable bonds is 10. The molecule has 20 heavy (non-hydrogen) atoms. The summed E-state index contributed by atoms with van der Waals surface area (Å²) in [4.78, 5) is 14.3. The molecule has 114 valence electrons. The maximum atomic E-state index is 12.4. The number of carbonyl (C=O) groups is 1. The zero-order valence-corrected chi connectivity index (χ0v) is 15.1. The molecule has 0 fully saturated rings. The van der Waals surface area contributed by atoms with Gasteiger partial charge in [-0.2, -0.15) is 0 Å². The number of hydrogen-bond acceptors (Lipinski definition) is 3. The van der Waals surface area contributed by atoms with Crippen molar-refractivity contribution in [3.05, 3.63) is 19.9 Å². The van der Waals surface area contributed by atoms with Crippen LogP contribution in [-0.2, 0) is 0 Å². The first-order valence-corrected chi connectivity index (χ1v) is 9.29. The number of hydrogen-bond donors (Lipinski definition) is 1. The fourth-order valence-corrected chi connectivity index (χ4v) is 3.41. The number of unbranched alkanes of at least 4 members (excludes halogenated alkanes) is 4. The van der Waals surface area contributed by atoms with Crippen LogP contribution in [0.15, 0.2) is 11.4 Å². The molecule has 0 radical (unpaired) electrons. The van der Waals surface area contributed by atoms with Crippen molar-refractivity contribution in [2.75, 3.05) is 19.7 Å². The van der Waals surface area contributed by atoms with Crippen LogP contribution in [0.5, 0.6) is 0 Å². The Hall–Kier alpha value is -0.140. The van der Waals surface area contributed by atoms with Gasteiger partial charge in [0.05, 0.1) is 8.45 Å². The van der Waals surface area contributed by atoms with Gasteiger partial charge in [-0.1, -0.05) is 32.6 Å². The highest BCUT2D eigenvalue weighted by Crippen LogP contribution is 2.18. The van der Waals surface area contributed by atoms with Gasteiger partial charge in [-0.05, 0) is 41.5 Å². The molecule has 1 aromatic heterocycles. The summed E-state index contributed by atoms with van der Waals surface area (Å²) < 4.78 is 1.14. The first kappa shape index (κ1) is 17.9. The SMILES string of the molecule is CCCCCCCN(CCCO)C(=O)c1csc(I)c1. The van der Waals surface area contributed by atoms with Gasteiger partial charge in [0, 0.05) is 25.1 Å². The highest BCUT2D eigenvalue weighted by Gasteiger charge is 2.16. The fraction of sp³-hybridized carbons (Fsp3) is 0.667. The van der Waals surface area contributed by atoms with Crippen LogP contribution in [0, 0.1) is 2.88 Å². The highest BCUT2D eigenvalue weighted by atomic mass is 127. The number of amides is 1. The molecule has 0 atom stereocenters. The third-order valence-corrected chi connectivity index (χ3v) is 5.01. The first-order chi connectivity index (χ1) is 9.69. The van der Waals surface area contributed by atoms with Gasteiger partial charge in [0.25, 0.3) is 5.91 Å². The van der Waals surface area contributed by atoms with E-state index in [0.29, 0.717) is 13.0 Å². The van der Waals surface area contributed by atoms with Crippen molar-refractivity contribution in [2.45, 2.75) is 45.4 Å². The van der Waals surface area contributed by atoms with Crippen LogP contribution < -0.4 is 0 Å². The molecule has 1 N–H and O–H groups in total. The summed E-state index contributed by atoms with van der Waals surface area (Å²) in [6.45, 7) is 3.79. The lowest BCUT2D eigenvalue weighted by molar-refractivity contribution is 0.0742. The van der Waals surface area contributed by atoms with E-state index >= 15 is 0 Å². The van der Waals surface area contributed by atoms with E-state index in [9.17, 15) is 4.79 Å². The molecule has 5 heteroatoms. The van der Waals surface area contributed by atoms with Gasteiger partial charge in [-0.25, -0.2) is 0 Å². The van der Waals surface area contributed by atoms with Crippen LogP contribution in [0.3, 0.4) is 0 Å². The Balaban J connectivity index is 2.47. The molecule has 1 heterocycles. The quantitative estimate of drug-likeness (QED) is 0.466. The molecule has 0 aliphatic carbocycles. The van der Waals surface area contributed by atoms with Crippen molar-refractivity contribution in [3.8, 4) is 0 Å². The Labute approximate surface area is 139 Å². The van der Waals surface area contributed by atoms with Crippen molar-refractivity contribution in [1.29, 1.82) is 0 Å². The second-order valence-corrected chi connectivity index (χ2v) is 7.73. The summed E-state index contributed by atoms with van der Waals surface area (Å²) in [6, 6.07) is 1.94. The summed E-state index contributed by atoms with van der Waals surface area (Å²) >= 11 is 3.84. The van der Waals surface area contributed by atoms with Gasteiger partial charge in [0.1, 0.15) is 0 Å². The van der Waals surface area contributed by atoms with E-state index in [-0.39, 0.29) is 12.5 Å². The van der Waals surface area contributed by atoms with Crippen molar-refractivity contribution in [2.24, 2.45) is 0 Å². The summed E-state index contributed by atoms with van der Waals surface area (Å²) in [5, 5.41) is 10.9. The lowest BCUT2D eigenvalue weighted by Gasteiger charge is -2.22.